The van der Waals surface area contributed by atoms with E-state index in [1.807, 2.05) is 33.3 Å². The summed E-state index contributed by atoms with van der Waals surface area (Å²) in [7, 11) is 1.50. The van der Waals surface area contributed by atoms with Crippen LogP contribution in [0.4, 0.5) is 0 Å². The van der Waals surface area contributed by atoms with Crippen molar-refractivity contribution in [2.75, 3.05) is 40.9 Å². The van der Waals surface area contributed by atoms with Crippen molar-refractivity contribution < 1.29 is 37.3 Å². The predicted molar refractivity (Wildman–Crippen MR) is 351 cm³/mol. The van der Waals surface area contributed by atoms with E-state index in [1.54, 1.807) is 0 Å². The number of carbonyl (C=O) groups is 2. The van der Waals surface area contributed by atoms with Gasteiger partial charge in [0.15, 0.2) is 0 Å². The summed E-state index contributed by atoms with van der Waals surface area (Å²) < 4.78 is 30.8. The molecule has 0 fully saturated rings. The van der Waals surface area contributed by atoms with E-state index in [4.69, 9.17) is 13.8 Å². The highest BCUT2D eigenvalue weighted by Crippen LogP contribution is 2.43. The Labute approximate surface area is 503 Å². The van der Waals surface area contributed by atoms with Crippen LogP contribution in [0.15, 0.2) is 48.6 Å². The monoisotopic (exact) mass is 1160 g/mol. The number of rotatable bonds is 64. The molecular formula is C71H136N2O7P+. The second kappa shape index (κ2) is 61.1. The first-order valence-electron chi connectivity index (χ1n) is 35.0. The zero-order valence-electron chi connectivity index (χ0n) is 54.5. The smallest absolute Gasteiger partial charge is 0.456 e. The zero-order chi connectivity index (χ0) is 59.3. The summed E-state index contributed by atoms with van der Waals surface area (Å²) in [4.78, 5) is 37.8. The molecule has 0 aliphatic rings. The van der Waals surface area contributed by atoms with Crippen molar-refractivity contribution in [3.8, 4) is 0 Å². The summed E-state index contributed by atoms with van der Waals surface area (Å²) >= 11 is 0. The summed E-state index contributed by atoms with van der Waals surface area (Å²) in [5.41, 5.74) is 0. The maximum atomic E-state index is 13.6. The average molecular weight is 1160 g/mol. The molecule has 0 saturated carbocycles. The van der Waals surface area contributed by atoms with E-state index in [-0.39, 0.29) is 31.5 Å². The van der Waals surface area contributed by atoms with Gasteiger partial charge in [-0.25, -0.2) is 4.57 Å². The molecule has 10 heteroatoms. The molecule has 0 aliphatic carbocycles. The van der Waals surface area contributed by atoms with Crippen molar-refractivity contribution in [1.29, 1.82) is 0 Å². The number of phosphoric ester groups is 1. The number of nitrogens with zero attached hydrogens (tertiary/aromatic N) is 1. The lowest BCUT2D eigenvalue weighted by Crippen LogP contribution is -2.47. The molecule has 2 N–H and O–H groups in total. The molecule has 0 aliphatic heterocycles. The van der Waals surface area contributed by atoms with Crippen LogP contribution in [0.2, 0.25) is 0 Å². The molecule has 0 spiro atoms. The highest BCUT2D eigenvalue weighted by molar-refractivity contribution is 7.47. The van der Waals surface area contributed by atoms with Crippen LogP contribution < -0.4 is 5.32 Å². The first-order valence-corrected chi connectivity index (χ1v) is 36.5. The van der Waals surface area contributed by atoms with Crippen molar-refractivity contribution >= 4 is 19.7 Å². The summed E-state index contributed by atoms with van der Waals surface area (Å²) in [6, 6.07) is -0.850. The second-order valence-electron chi connectivity index (χ2n) is 25.1. The molecule has 0 aromatic heterocycles. The Kier molecular flexibility index (Phi) is 59.5. The maximum Gasteiger partial charge on any atom is 0.472 e. The van der Waals surface area contributed by atoms with Gasteiger partial charge in [0, 0.05) is 12.8 Å². The van der Waals surface area contributed by atoms with Crippen molar-refractivity contribution in [2.45, 2.75) is 354 Å². The van der Waals surface area contributed by atoms with Gasteiger partial charge in [-0.05, 0) is 70.3 Å². The van der Waals surface area contributed by atoms with E-state index >= 15 is 0 Å². The van der Waals surface area contributed by atoms with Gasteiger partial charge in [0.1, 0.15) is 19.3 Å². The predicted octanol–water partition coefficient (Wildman–Crippen LogP) is 22.0. The van der Waals surface area contributed by atoms with Gasteiger partial charge in [0.2, 0.25) is 5.91 Å². The number of likely N-dealkylation sites (N-methyl/N-ethyl adjacent to an activating group) is 1. The lowest BCUT2D eigenvalue weighted by Gasteiger charge is -2.27. The highest BCUT2D eigenvalue weighted by Gasteiger charge is 2.30. The Bertz CT molecular complexity index is 1520. The topological polar surface area (TPSA) is 111 Å². The fourth-order valence-corrected chi connectivity index (χ4v) is 11.1. The van der Waals surface area contributed by atoms with Crippen LogP contribution in [-0.2, 0) is 27.9 Å². The molecule has 0 aromatic rings. The number of esters is 1. The standard InChI is InChI=1S/C71H135N2O7P/c1-7-10-13-16-19-22-25-27-29-31-33-35-36-38-39-41-43-45-48-51-54-57-60-63-70(74)72-68(67-79-81(76,77)78-66-65-73(4,5)6)69(62-59-56-53-50-47-24-21-18-15-12-9-3)80-71(75)64-61-58-55-52-49-46-44-42-40-37-34-32-30-28-26-23-20-17-14-11-8-2/h20,23,28,30,34,37,59,62,68-69H,7-19,21-22,24-27,29,31-33,35-36,38-58,60-61,63-67H2,1-6H3,(H-,72,74,76,77)/p+1/b23-20-,30-28-,37-34-,62-59+. The van der Waals surface area contributed by atoms with Crippen LogP contribution in [0.1, 0.15) is 342 Å². The van der Waals surface area contributed by atoms with Crippen LogP contribution in [-0.4, -0.2) is 74.3 Å². The third-order valence-electron chi connectivity index (χ3n) is 15.8. The molecule has 9 nitrogen and oxygen atoms in total. The van der Waals surface area contributed by atoms with E-state index in [9.17, 15) is 19.0 Å². The minimum Gasteiger partial charge on any atom is -0.456 e. The maximum absolute atomic E-state index is 13.6. The molecule has 0 aromatic carbocycles. The van der Waals surface area contributed by atoms with Gasteiger partial charge in [-0.15, -0.1) is 0 Å². The Balaban J connectivity index is 5.05. The summed E-state index contributed by atoms with van der Waals surface area (Å²) in [5, 5.41) is 3.07. The van der Waals surface area contributed by atoms with Crippen molar-refractivity contribution in [3.05, 3.63) is 48.6 Å². The van der Waals surface area contributed by atoms with E-state index in [1.165, 1.54) is 225 Å². The molecule has 3 atom stereocenters. The molecule has 476 valence electrons. The molecule has 81 heavy (non-hydrogen) atoms. The molecule has 1 amide bonds. The Morgan fingerprint density at radius 1 is 0.432 bits per heavy atom. The first kappa shape index (κ1) is 79.0. The number of phosphoric acid groups is 1. The van der Waals surface area contributed by atoms with Gasteiger partial charge in [0.05, 0.1) is 33.8 Å². The van der Waals surface area contributed by atoms with Crippen LogP contribution >= 0.6 is 7.82 Å². The molecule has 3 unspecified atom stereocenters. The largest absolute Gasteiger partial charge is 0.472 e. The number of hydrogen-bond donors (Lipinski definition) is 2. The molecular weight excluding hydrogens is 1020 g/mol. The van der Waals surface area contributed by atoms with Crippen LogP contribution in [0.5, 0.6) is 0 Å². The van der Waals surface area contributed by atoms with Crippen LogP contribution in [0.3, 0.4) is 0 Å². The van der Waals surface area contributed by atoms with Crippen LogP contribution in [0, 0.1) is 0 Å². The number of ether oxygens (including phenoxy) is 1. The Hall–Kier alpha value is -2.03. The minimum absolute atomic E-state index is 0.0404. The number of amides is 1. The van der Waals surface area contributed by atoms with E-state index < -0.39 is 20.0 Å². The summed E-state index contributed by atoms with van der Waals surface area (Å²) in [5.74, 6) is -0.498. The molecule has 0 bridgehead atoms. The third kappa shape index (κ3) is 62.3. The molecule has 0 radical (unpaired) electrons. The molecule has 0 heterocycles. The summed E-state index contributed by atoms with van der Waals surface area (Å²) in [6.45, 7) is 7.03. The zero-order valence-corrected chi connectivity index (χ0v) is 55.4. The quantitative estimate of drug-likeness (QED) is 0.0205. The number of unbranched alkanes of at least 4 members (excludes halogenated alkanes) is 42. The lowest BCUT2D eigenvalue weighted by atomic mass is 10.0. The third-order valence-corrected chi connectivity index (χ3v) is 16.8. The van der Waals surface area contributed by atoms with Gasteiger partial charge in [0.25, 0.3) is 0 Å². The van der Waals surface area contributed by atoms with Gasteiger partial charge >= 0.3 is 13.8 Å². The van der Waals surface area contributed by atoms with Crippen molar-refractivity contribution in [1.82, 2.24) is 5.32 Å². The average Bonchev–Trinajstić information content (AvgIpc) is 3.43. The van der Waals surface area contributed by atoms with E-state index in [2.05, 4.69) is 62.5 Å². The Morgan fingerprint density at radius 3 is 1.15 bits per heavy atom. The highest BCUT2D eigenvalue weighted by atomic mass is 31.2. The molecule has 0 saturated heterocycles. The number of quaternary nitrogens is 1. The van der Waals surface area contributed by atoms with E-state index in [0.717, 1.165) is 83.5 Å². The SMILES string of the molecule is CCCCC/C=C\C/C=C\C/C=C\CCCCCCCCCCC(=O)OC(/C=C/CCCCCCCCCCC)C(COP(=O)(O)OCC[N+](C)(C)C)NC(=O)CCCCCCCCCCCCCCCCCCCCCCCCC. The van der Waals surface area contributed by atoms with Crippen molar-refractivity contribution in [2.24, 2.45) is 0 Å². The second-order valence-corrected chi connectivity index (χ2v) is 26.5. The normalized spacial score (nSPS) is 13.8. The van der Waals surface area contributed by atoms with Gasteiger partial charge in [-0.2, -0.15) is 0 Å². The van der Waals surface area contributed by atoms with Crippen molar-refractivity contribution in [3.63, 3.8) is 0 Å². The first-order chi connectivity index (χ1) is 39.4. The van der Waals surface area contributed by atoms with Gasteiger partial charge < -0.3 is 19.4 Å². The number of carbonyl (C=O) groups excluding carboxylic acids is 2. The number of allylic oxidation sites excluding steroid dienone is 7. The van der Waals surface area contributed by atoms with Gasteiger partial charge in [-0.3, -0.25) is 18.6 Å². The Morgan fingerprint density at radius 2 is 0.753 bits per heavy atom. The van der Waals surface area contributed by atoms with Gasteiger partial charge in [-0.1, -0.05) is 307 Å². The van der Waals surface area contributed by atoms with Crippen LogP contribution in [0.25, 0.3) is 0 Å². The lowest BCUT2D eigenvalue weighted by molar-refractivity contribution is -0.870. The fourth-order valence-electron chi connectivity index (χ4n) is 10.4. The van der Waals surface area contributed by atoms with E-state index in [0.29, 0.717) is 17.4 Å². The number of hydrogen-bond acceptors (Lipinski definition) is 6. The molecule has 0 rings (SSSR count). The number of nitrogens with one attached hydrogen (secondary N) is 1. The minimum atomic E-state index is -4.45. The summed E-state index contributed by atoms with van der Waals surface area (Å²) in [6.07, 6.45) is 76.9. The fraction of sp³-hybridized carbons (Fsp3) is 0.859.